The van der Waals surface area contributed by atoms with Gasteiger partial charge in [-0.1, -0.05) is 36.4 Å². The van der Waals surface area contributed by atoms with Crippen molar-refractivity contribution in [3.8, 4) is 5.75 Å². The van der Waals surface area contributed by atoms with Crippen molar-refractivity contribution in [2.45, 2.75) is 0 Å². The molecule has 0 aliphatic carbocycles. The van der Waals surface area contributed by atoms with Gasteiger partial charge in [0.25, 0.3) is 0 Å². The molecule has 0 unspecified atom stereocenters. The van der Waals surface area contributed by atoms with Crippen LogP contribution in [0.4, 0.5) is 0 Å². The Hall–Kier alpha value is -2.62. The largest absolute Gasteiger partial charge is 0.478 e. The summed E-state index contributed by atoms with van der Waals surface area (Å²) in [5.74, 6) is -1.49. The summed E-state index contributed by atoms with van der Waals surface area (Å²) < 4.78 is 5.09. The Morgan fingerprint density at radius 3 is 2.50 bits per heavy atom. The average molecular weight is 242 g/mol. The molecule has 2 aromatic rings. The highest BCUT2D eigenvalue weighted by atomic mass is 16.5. The number of hydrogen-bond acceptors (Lipinski definition) is 3. The second-order valence-corrected chi connectivity index (χ2v) is 3.57. The van der Waals surface area contributed by atoms with E-state index in [9.17, 15) is 9.59 Å². The van der Waals surface area contributed by atoms with Gasteiger partial charge in [0.15, 0.2) is 0 Å². The van der Waals surface area contributed by atoms with Gasteiger partial charge in [0, 0.05) is 17.5 Å². The molecule has 0 saturated carbocycles. The van der Waals surface area contributed by atoms with Gasteiger partial charge >= 0.3 is 11.9 Å². The Kier molecular flexibility index (Phi) is 3.38. The lowest BCUT2D eigenvalue weighted by Crippen LogP contribution is -2.05. The lowest BCUT2D eigenvalue weighted by atomic mass is 10.1. The normalized spacial score (nSPS) is 10.7. The van der Waals surface area contributed by atoms with Gasteiger partial charge in [0.05, 0.1) is 0 Å². The van der Waals surface area contributed by atoms with Crippen molar-refractivity contribution < 1.29 is 19.4 Å². The first-order chi connectivity index (χ1) is 8.66. The van der Waals surface area contributed by atoms with E-state index in [1.165, 1.54) is 0 Å². The molecule has 0 saturated heterocycles. The smallest absolute Gasteiger partial charge is 0.336 e. The van der Waals surface area contributed by atoms with E-state index in [1.807, 2.05) is 30.3 Å². The summed E-state index contributed by atoms with van der Waals surface area (Å²) >= 11 is 0. The first kappa shape index (κ1) is 11.9. The van der Waals surface area contributed by atoms with E-state index in [4.69, 9.17) is 9.84 Å². The summed E-state index contributed by atoms with van der Waals surface area (Å²) in [6, 6.07) is 12.8. The number of benzene rings is 2. The van der Waals surface area contributed by atoms with Gasteiger partial charge in [-0.25, -0.2) is 9.59 Å². The number of ether oxygens (including phenoxy) is 1. The van der Waals surface area contributed by atoms with E-state index in [0.717, 1.165) is 22.9 Å². The Morgan fingerprint density at radius 2 is 1.72 bits per heavy atom. The summed E-state index contributed by atoms with van der Waals surface area (Å²) in [5.41, 5.74) is 0. The van der Waals surface area contributed by atoms with Crippen molar-refractivity contribution >= 4 is 22.7 Å². The summed E-state index contributed by atoms with van der Waals surface area (Å²) in [7, 11) is 0. The molecular weight excluding hydrogens is 232 g/mol. The van der Waals surface area contributed by atoms with Crippen LogP contribution in [0.5, 0.6) is 5.75 Å². The van der Waals surface area contributed by atoms with Gasteiger partial charge in [0.2, 0.25) is 0 Å². The maximum Gasteiger partial charge on any atom is 0.336 e. The van der Waals surface area contributed by atoms with Crippen LogP contribution < -0.4 is 4.74 Å². The van der Waals surface area contributed by atoms with E-state index in [0.29, 0.717) is 5.75 Å². The Bertz CT molecular complexity index is 623. The number of rotatable bonds is 3. The van der Waals surface area contributed by atoms with Crippen LogP contribution in [0, 0.1) is 0 Å². The summed E-state index contributed by atoms with van der Waals surface area (Å²) in [6.45, 7) is 0. The predicted molar refractivity (Wildman–Crippen MR) is 66.4 cm³/mol. The van der Waals surface area contributed by atoms with Crippen molar-refractivity contribution in [3.05, 3.63) is 54.6 Å². The Labute approximate surface area is 103 Å². The molecule has 0 heterocycles. The monoisotopic (exact) mass is 242 g/mol. The highest BCUT2D eigenvalue weighted by Gasteiger charge is 2.05. The minimum atomic E-state index is -1.19. The first-order valence-corrected chi connectivity index (χ1v) is 5.27. The molecule has 0 bridgehead atoms. The zero-order valence-electron chi connectivity index (χ0n) is 9.37. The number of fused-ring (bicyclic) bond motifs is 1. The Balaban J connectivity index is 2.27. The number of carbonyl (C=O) groups excluding carboxylic acids is 1. The maximum atomic E-state index is 11.4. The first-order valence-electron chi connectivity index (χ1n) is 5.27. The minimum absolute atomic E-state index is 0.410. The van der Waals surface area contributed by atoms with Crippen LogP contribution in [0.3, 0.4) is 0 Å². The molecule has 0 aliphatic rings. The number of esters is 1. The summed E-state index contributed by atoms with van der Waals surface area (Å²) in [5, 5.41) is 10.2. The Morgan fingerprint density at radius 1 is 1.00 bits per heavy atom. The van der Waals surface area contributed by atoms with E-state index < -0.39 is 11.9 Å². The molecule has 2 aromatic carbocycles. The molecule has 0 aromatic heterocycles. The third-order valence-corrected chi connectivity index (χ3v) is 2.32. The fourth-order valence-corrected chi connectivity index (χ4v) is 1.57. The molecule has 0 amide bonds. The third kappa shape index (κ3) is 2.74. The highest BCUT2D eigenvalue weighted by molar-refractivity contribution is 5.95. The molecule has 0 radical (unpaired) electrons. The zero-order chi connectivity index (χ0) is 13.0. The predicted octanol–water partition coefficient (Wildman–Crippen LogP) is 2.39. The lowest BCUT2D eigenvalue weighted by molar-refractivity contribution is -0.133. The molecule has 4 heteroatoms. The summed E-state index contributed by atoms with van der Waals surface area (Å²) in [4.78, 5) is 21.7. The van der Waals surface area contributed by atoms with Crippen molar-refractivity contribution in [2.75, 3.05) is 0 Å². The molecular formula is C14H10O4. The number of carboxylic acids is 1. The van der Waals surface area contributed by atoms with Gasteiger partial charge in [0.1, 0.15) is 5.75 Å². The van der Waals surface area contributed by atoms with Gasteiger partial charge in [-0.2, -0.15) is 0 Å². The van der Waals surface area contributed by atoms with Crippen LogP contribution in [0.15, 0.2) is 54.6 Å². The van der Waals surface area contributed by atoms with Crippen LogP contribution in [-0.4, -0.2) is 17.0 Å². The molecule has 90 valence electrons. The number of hydrogen-bond donors (Lipinski definition) is 1. The van der Waals surface area contributed by atoms with E-state index in [2.05, 4.69) is 0 Å². The quantitative estimate of drug-likeness (QED) is 0.510. The van der Waals surface area contributed by atoms with Crippen LogP contribution in [0.2, 0.25) is 0 Å². The lowest BCUT2D eigenvalue weighted by Gasteiger charge is -2.05. The fourth-order valence-electron chi connectivity index (χ4n) is 1.57. The van der Waals surface area contributed by atoms with E-state index in [1.54, 1.807) is 12.1 Å². The SMILES string of the molecule is O=C(O)/C=C\C(=O)Oc1cccc2ccccc12. The highest BCUT2D eigenvalue weighted by Crippen LogP contribution is 2.25. The van der Waals surface area contributed by atoms with E-state index >= 15 is 0 Å². The topological polar surface area (TPSA) is 63.6 Å². The van der Waals surface area contributed by atoms with Crippen molar-refractivity contribution in [3.63, 3.8) is 0 Å². The molecule has 0 spiro atoms. The van der Waals surface area contributed by atoms with Crippen LogP contribution in [-0.2, 0) is 9.59 Å². The van der Waals surface area contributed by atoms with Crippen LogP contribution >= 0.6 is 0 Å². The third-order valence-electron chi connectivity index (χ3n) is 2.32. The van der Waals surface area contributed by atoms with E-state index in [-0.39, 0.29) is 0 Å². The molecule has 0 aliphatic heterocycles. The van der Waals surface area contributed by atoms with Crippen LogP contribution in [0.25, 0.3) is 10.8 Å². The van der Waals surface area contributed by atoms with Crippen LogP contribution in [0.1, 0.15) is 0 Å². The second-order valence-electron chi connectivity index (χ2n) is 3.57. The molecule has 0 fully saturated rings. The summed E-state index contributed by atoms with van der Waals surface area (Å²) in [6.07, 6.45) is 1.62. The molecule has 2 rings (SSSR count). The molecule has 4 nitrogen and oxygen atoms in total. The van der Waals surface area contributed by atoms with Crippen molar-refractivity contribution in [1.82, 2.24) is 0 Å². The van der Waals surface area contributed by atoms with Gasteiger partial charge in [-0.15, -0.1) is 0 Å². The zero-order valence-corrected chi connectivity index (χ0v) is 9.37. The van der Waals surface area contributed by atoms with Crippen molar-refractivity contribution in [1.29, 1.82) is 0 Å². The molecule has 18 heavy (non-hydrogen) atoms. The van der Waals surface area contributed by atoms with Gasteiger partial charge < -0.3 is 9.84 Å². The number of carbonyl (C=O) groups is 2. The van der Waals surface area contributed by atoms with Gasteiger partial charge in [-0.05, 0) is 11.5 Å². The number of aliphatic carboxylic acids is 1. The van der Waals surface area contributed by atoms with Gasteiger partial charge in [-0.3, -0.25) is 0 Å². The second kappa shape index (κ2) is 5.14. The number of carboxylic acid groups (broad SMARTS) is 1. The molecule has 0 atom stereocenters. The molecule has 1 N–H and O–H groups in total. The fraction of sp³-hybridized carbons (Fsp3) is 0. The average Bonchev–Trinajstić information content (AvgIpc) is 2.37. The van der Waals surface area contributed by atoms with Crippen molar-refractivity contribution in [2.24, 2.45) is 0 Å². The minimum Gasteiger partial charge on any atom is -0.478 e. The maximum absolute atomic E-state index is 11.4. The standard InChI is InChI=1S/C14H10O4/c15-13(16)8-9-14(17)18-12-7-3-5-10-4-1-2-6-11(10)12/h1-9H,(H,15,16)/b9-8-.